The standard InChI is InChI=1S/C14H12N2O/c17-9-13-8-16(10-15-13)14-6-5-11-3-1-2-4-12(11)7-14/h1-8,10,17H,9H2. The van der Waals surface area contributed by atoms with E-state index in [2.05, 4.69) is 29.2 Å². The number of hydrogen-bond acceptors (Lipinski definition) is 2. The molecule has 0 aliphatic heterocycles. The first kappa shape index (κ1) is 10.1. The molecule has 3 heteroatoms. The third kappa shape index (κ3) is 1.81. The van der Waals surface area contributed by atoms with Gasteiger partial charge in [-0.15, -0.1) is 0 Å². The lowest BCUT2D eigenvalue weighted by atomic mass is 10.1. The highest BCUT2D eigenvalue weighted by atomic mass is 16.3. The second kappa shape index (κ2) is 4.03. The highest BCUT2D eigenvalue weighted by Gasteiger charge is 2.00. The number of imidazole rings is 1. The van der Waals surface area contributed by atoms with Gasteiger partial charge in [0.05, 0.1) is 18.6 Å². The zero-order valence-corrected chi connectivity index (χ0v) is 9.24. The Morgan fingerprint density at radius 3 is 2.65 bits per heavy atom. The number of aromatic nitrogens is 2. The summed E-state index contributed by atoms with van der Waals surface area (Å²) in [5.41, 5.74) is 1.73. The molecule has 0 unspecified atom stereocenters. The van der Waals surface area contributed by atoms with Crippen LogP contribution in [-0.2, 0) is 6.61 Å². The van der Waals surface area contributed by atoms with Crippen molar-refractivity contribution in [2.75, 3.05) is 0 Å². The van der Waals surface area contributed by atoms with Crippen LogP contribution >= 0.6 is 0 Å². The van der Waals surface area contributed by atoms with E-state index in [0.29, 0.717) is 5.69 Å². The normalized spacial score (nSPS) is 10.9. The molecular weight excluding hydrogens is 212 g/mol. The van der Waals surface area contributed by atoms with Gasteiger partial charge >= 0.3 is 0 Å². The van der Waals surface area contributed by atoms with Gasteiger partial charge in [0.15, 0.2) is 0 Å². The Morgan fingerprint density at radius 1 is 1.06 bits per heavy atom. The third-order valence-corrected chi connectivity index (χ3v) is 2.83. The van der Waals surface area contributed by atoms with E-state index in [1.165, 1.54) is 10.8 Å². The first-order valence-electron chi connectivity index (χ1n) is 5.50. The van der Waals surface area contributed by atoms with Crippen molar-refractivity contribution in [3.05, 3.63) is 60.7 Å². The van der Waals surface area contributed by atoms with Crippen LogP contribution < -0.4 is 0 Å². The highest BCUT2D eigenvalue weighted by Crippen LogP contribution is 2.18. The molecule has 2 aromatic carbocycles. The number of rotatable bonds is 2. The number of aliphatic hydroxyl groups is 1. The molecule has 0 atom stereocenters. The molecule has 17 heavy (non-hydrogen) atoms. The molecular formula is C14H12N2O. The topological polar surface area (TPSA) is 38.0 Å². The molecule has 0 aliphatic rings. The minimum atomic E-state index is -0.0272. The van der Waals surface area contributed by atoms with Crippen molar-refractivity contribution in [3.63, 3.8) is 0 Å². The predicted molar refractivity (Wildman–Crippen MR) is 67.0 cm³/mol. The Labute approximate surface area is 99.0 Å². The Bertz CT molecular complexity index is 658. The Balaban J connectivity index is 2.11. The fraction of sp³-hybridized carbons (Fsp3) is 0.0714. The molecule has 3 rings (SSSR count). The predicted octanol–water partition coefficient (Wildman–Crippen LogP) is 2.52. The van der Waals surface area contributed by atoms with Gasteiger partial charge in [0.2, 0.25) is 0 Å². The van der Waals surface area contributed by atoms with E-state index in [1.807, 2.05) is 29.0 Å². The number of aliphatic hydroxyl groups excluding tert-OH is 1. The van der Waals surface area contributed by atoms with Crippen LogP contribution in [0.4, 0.5) is 0 Å². The van der Waals surface area contributed by atoms with E-state index in [4.69, 9.17) is 5.11 Å². The van der Waals surface area contributed by atoms with Crippen molar-refractivity contribution >= 4 is 10.8 Å². The van der Waals surface area contributed by atoms with Gasteiger partial charge in [-0.1, -0.05) is 30.3 Å². The Hall–Kier alpha value is -2.13. The SMILES string of the molecule is OCc1cn(-c2ccc3ccccc3c2)cn1. The monoisotopic (exact) mass is 224 g/mol. The van der Waals surface area contributed by atoms with Gasteiger partial charge in [-0.2, -0.15) is 0 Å². The first-order valence-corrected chi connectivity index (χ1v) is 5.50. The van der Waals surface area contributed by atoms with Crippen molar-refractivity contribution in [2.24, 2.45) is 0 Å². The molecule has 0 fully saturated rings. The van der Waals surface area contributed by atoms with Crippen molar-refractivity contribution in [3.8, 4) is 5.69 Å². The molecule has 0 spiro atoms. The zero-order valence-electron chi connectivity index (χ0n) is 9.24. The summed E-state index contributed by atoms with van der Waals surface area (Å²) < 4.78 is 1.91. The van der Waals surface area contributed by atoms with Crippen molar-refractivity contribution in [2.45, 2.75) is 6.61 Å². The van der Waals surface area contributed by atoms with Crippen LogP contribution in [0.25, 0.3) is 16.5 Å². The maximum atomic E-state index is 8.99. The number of hydrogen-bond donors (Lipinski definition) is 1. The van der Waals surface area contributed by atoms with Gasteiger partial charge < -0.3 is 9.67 Å². The molecule has 84 valence electrons. The maximum absolute atomic E-state index is 8.99. The van der Waals surface area contributed by atoms with Crippen LogP contribution in [0.15, 0.2) is 55.0 Å². The molecule has 1 aromatic heterocycles. The van der Waals surface area contributed by atoms with Crippen LogP contribution in [-0.4, -0.2) is 14.7 Å². The number of fused-ring (bicyclic) bond motifs is 1. The van der Waals surface area contributed by atoms with Crippen molar-refractivity contribution < 1.29 is 5.11 Å². The molecule has 0 amide bonds. The Morgan fingerprint density at radius 2 is 1.88 bits per heavy atom. The van der Waals surface area contributed by atoms with Crippen LogP contribution in [0.1, 0.15) is 5.69 Å². The summed E-state index contributed by atoms with van der Waals surface area (Å²) in [4.78, 5) is 4.10. The summed E-state index contributed by atoms with van der Waals surface area (Å²) in [6, 6.07) is 14.5. The van der Waals surface area contributed by atoms with Gasteiger partial charge in [0.25, 0.3) is 0 Å². The van der Waals surface area contributed by atoms with E-state index in [0.717, 1.165) is 5.69 Å². The molecule has 0 saturated carbocycles. The number of nitrogens with zero attached hydrogens (tertiary/aromatic N) is 2. The second-order valence-electron chi connectivity index (χ2n) is 3.96. The molecule has 0 aliphatic carbocycles. The van der Waals surface area contributed by atoms with Crippen molar-refractivity contribution in [1.82, 2.24) is 9.55 Å². The minimum absolute atomic E-state index is 0.0272. The van der Waals surface area contributed by atoms with Crippen LogP contribution in [0, 0.1) is 0 Å². The lowest BCUT2D eigenvalue weighted by Gasteiger charge is -2.03. The van der Waals surface area contributed by atoms with E-state index < -0.39 is 0 Å². The highest BCUT2D eigenvalue weighted by molar-refractivity contribution is 5.84. The quantitative estimate of drug-likeness (QED) is 0.726. The second-order valence-corrected chi connectivity index (χ2v) is 3.96. The number of benzene rings is 2. The molecule has 1 N–H and O–H groups in total. The molecule has 3 aromatic rings. The smallest absolute Gasteiger partial charge is 0.0996 e. The minimum Gasteiger partial charge on any atom is -0.390 e. The van der Waals surface area contributed by atoms with E-state index in [-0.39, 0.29) is 6.61 Å². The van der Waals surface area contributed by atoms with E-state index in [9.17, 15) is 0 Å². The summed E-state index contributed by atoms with van der Waals surface area (Å²) in [5, 5.41) is 11.4. The first-order chi connectivity index (χ1) is 8.36. The van der Waals surface area contributed by atoms with E-state index in [1.54, 1.807) is 6.33 Å². The third-order valence-electron chi connectivity index (χ3n) is 2.83. The molecule has 0 bridgehead atoms. The fourth-order valence-electron chi connectivity index (χ4n) is 1.92. The van der Waals surface area contributed by atoms with Crippen LogP contribution in [0.2, 0.25) is 0 Å². The van der Waals surface area contributed by atoms with Gasteiger partial charge in [-0.05, 0) is 22.9 Å². The average Bonchev–Trinajstić information content (AvgIpc) is 2.87. The van der Waals surface area contributed by atoms with Crippen molar-refractivity contribution in [1.29, 1.82) is 0 Å². The molecule has 1 heterocycles. The largest absolute Gasteiger partial charge is 0.390 e. The summed E-state index contributed by atoms with van der Waals surface area (Å²) in [5.74, 6) is 0. The van der Waals surface area contributed by atoms with Gasteiger partial charge in [0.1, 0.15) is 0 Å². The molecule has 3 nitrogen and oxygen atoms in total. The van der Waals surface area contributed by atoms with E-state index >= 15 is 0 Å². The lowest BCUT2D eigenvalue weighted by molar-refractivity contribution is 0.277. The van der Waals surface area contributed by atoms with Crippen LogP contribution in [0.5, 0.6) is 0 Å². The molecule has 0 saturated heterocycles. The fourth-order valence-corrected chi connectivity index (χ4v) is 1.92. The maximum Gasteiger partial charge on any atom is 0.0996 e. The summed E-state index contributed by atoms with van der Waals surface area (Å²) in [6.45, 7) is -0.0272. The van der Waals surface area contributed by atoms with Gasteiger partial charge in [0, 0.05) is 11.9 Å². The summed E-state index contributed by atoms with van der Waals surface area (Å²) >= 11 is 0. The lowest BCUT2D eigenvalue weighted by Crippen LogP contribution is -1.89. The van der Waals surface area contributed by atoms with Crippen LogP contribution in [0.3, 0.4) is 0 Å². The van der Waals surface area contributed by atoms with Gasteiger partial charge in [-0.3, -0.25) is 0 Å². The zero-order chi connectivity index (χ0) is 11.7. The summed E-state index contributed by atoms with van der Waals surface area (Å²) in [6.07, 6.45) is 3.56. The molecule has 0 radical (unpaired) electrons. The van der Waals surface area contributed by atoms with Gasteiger partial charge in [-0.25, -0.2) is 4.98 Å². The summed E-state index contributed by atoms with van der Waals surface area (Å²) in [7, 11) is 0. The average molecular weight is 224 g/mol. The Kier molecular flexibility index (Phi) is 2.38.